The molecule has 1 aromatic heterocycles. The van der Waals surface area contributed by atoms with E-state index in [0.29, 0.717) is 29.4 Å². The molecule has 8 nitrogen and oxygen atoms in total. The Morgan fingerprint density at radius 1 is 1.25 bits per heavy atom. The van der Waals surface area contributed by atoms with Crippen molar-refractivity contribution < 1.29 is 22.7 Å². The van der Waals surface area contributed by atoms with E-state index < -0.39 is 15.9 Å². The normalized spacial score (nSPS) is 15.3. The number of aromatic nitrogens is 1. The van der Waals surface area contributed by atoms with Crippen molar-refractivity contribution in [1.82, 2.24) is 10.3 Å². The first kappa shape index (κ1) is 28.6. The molecule has 2 N–H and O–H groups in total. The minimum atomic E-state index is -3.48. The van der Waals surface area contributed by atoms with E-state index in [1.54, 1.807) is 19.1 Å². The Labute approximate surface area is 222 Å². The Balaban J connectivity index is 1.52. The number of rotatable bonds is 11. The number of halogens is 1. The van der Waals surface area contributed by atoms with Gasteiger partial charge in [0, 0.05) is 12.7 Å². The zero-order chi connectivity index (χ0) is 26.5. The van der Waals surface area contributed by atoms with Crippen LogP contribution in [-0.2, 0) is 24.2 Å². The molecule has 1 heterocycles. The fourth-order valence-electron chi connectivity index (χ4n) is 4.17. The second-order valence-electron chi connectivity index (χ2n) is 9.52. The van der Waals surface area contributed by atoms with E-state index in [1.807, 2.05) is 13.8 Å². The van der Waals surface area contributed by atoms with Crippen LogP contribution in [0.2, 0.25) is 5.02 Å². The van der Waals surface area contributed by atoms with E-state index in [4.69, 9.17) is 16.3 Å². The van der Waals surface area contributed by atoms with Gasteiger partial charge in [0.15, 0.2) is 15.0 Å². The first-order valence-corrected chi connectivity index (χ1v) is 15.3. The second kappa shape index (κ2) is 12.5. The van der Waals surface area contributed by atoms with Crippen LogP contribution in [0.25, 0.3) is 10.4 Å². The number of nitrogens with zero attached hydrogens (tertiary/aromatic N) is 1. The van der Waals surface area contributed by atoms with Crippen LogP contribution in [0, 0.1) is 12.8 Å². The molecule has 2 aromatic rings. The number of carbonyl (C=O) groups excluding carboxylic acids is 2. The van der Waals surface area contributed by atoms with Crippen LogP contribution in [0.3, 0.4) is 0 Å². The molecule has 0 aliphatic heterocycles. The number of benzene rings is 1. The minimum absolute atomic E-state index is 0.0313. The van der Waals surface area contributed by atoms with E-state index in [0.717, 1.165) is 36.8 Å². The predicted molar refractivity (Wildman–Crippen MR) is 143 cm³/mol. The van der Waals surface area contributed by atoms with E-state index in [-0.39, 0.29) is 40.2 Å². The third-order valence-electron chi connectivity index (χ3n) is 6.09. The van der Waals surface area contributed by atoms with Crippen LogP contribution in [-0.4, -0.2) is 50.2 Å². The van der Waals surface area contributed by atoms with Crippen molar-refractivity contribution in [2.45, 2.75) is 76.3 Å². The number of esters is 1. The summed E-state index contributed by atoms with van der Waals surface area (Å²) in [6.07, 6.45) is 6.05. The van der Waals surface area contributed by atoms with Crippen molar-refractivity contribution in [3.8, 4) is 10.4 Å². The van der Waals surface area contributed by atoms with Crippen LogP contribution in [0.1, 0.15) is 58.1 Å². The monoisotopic (exact) mass is 555 g/mol. The highest BCUT2D eigenvalue weighted by Crippen LogP contribution is 2.35. The van der Waals surface area contributed by atoms with Crippen LogP contribution in [0.4, 0.5) is 5.13 Å². The van der Waals surface area contributed by atoms with Crippen molar-refractivity contribution >= 4 is 49.8 Å². The van der Waals surface area contributed by atoms with Gasteiger partial charge in [0.05, 0.1) is 20.5 Å². The highest BCUT2D eigenvalue weighted by Gasteiger charge is 2.27. The van der Waals surface area contributed by atoms with Gasteiger partial charge in [-0.15, -0.1) is 0 Å². The van der Waals surface area contributed by atoms with Crippen molar-refractivity contribution in [2.75, 3.05) is 18.1 Å². The standard InChI is InChI=1S/C25H34ClN3O5S2/c1-15(2)22(24(31)34-18-8-5-6-9-18)27-13-7-10-21(30)29-25-28-16(3)23(35-25)17-11-12-19(26)20(14-17)36(4,32)33/h11-12,14-15,18,22,27H,5-10,13H2,1-4H3,(H,28,29,30)/t22-/m0/s1. The summed E-state index contributed by atoms with van der Waals surface area (Å²) in [4.78, 5) is 30.3. The average molecular weight is 556 g/mol. The molecule has 1 saturated carbocycles. The molecule has 0 unspecified atom stereocenters. The summed E-state index contributed by atoms with van der Waals surface area (Å²) in [6.45, 7) is 6.26. The number of nitrogens with one attached hydrogen (secondary N) is 2. The Kier molecular flexibility index (Phi) is 9.91. The fraction of sp³-hybridized carbons (Fsp3) is 0.560. The maximum absolute atomic E-state index is 12.5. The largest absolute Gasteiger partial charge is 0.461 e. The SMILES string of the molecule is Cc1nc(NC(=O)CCCN[C@H](C(=O)OC2CCCC2)C(C)C)sc1-c1ccc(Cl)c(S(C)(=O)=O)c1. The molecule has 0 radical (unpaired) electrons. The van der Waals surface area contributed by atoms with Gasteiger partial charge in [0.2, 0.25) is 5.91 Å². The van der Waals surface area contributed by atoms with E-state index in [1.165, 1.54) is 17.4 Å². The first-order valence-electron chi connectivity index (χ1n) is 12.2. The lowest BCUT2D eigenvalue weighted by Crippen LogP contribution is -2.43. The van der Waals surface area contributed by atoms with E-state index in [2.05, 4.69) is 15.6 Å². The molecule has 0 saturated heterocycles. The first-order chi connectivity index (χ1) is 17.0. The molecule has 0 spiro atoms. The minimum Gasteiger partial charge on any atom is -0.461 e. The summed E-state index contributed by atoms with van der Waals surface area (Å²) < 4.78 is 29.7. The third-order valence-corrected chi connectivity index (χ3v) is 8.79. The zero-order valence-corrected chi connectivity index (χ0v) is 23.5. The van der Waals surface area contributed by atoms with Gasteiger partial charge in [-0.2, -0.15) is 0 Å². The summed E-state index contributed by atoms with van der Waals surface area (Å²) in [6, 6.07) is 4.41. The third kappa shape index (κ3) is 7.74. The van der Waals surface area contributed by atoms with Crippen LogP contribution >= 0.6 is 22.9 Å². The van der Waals surface area contributed by atoms with Crippen molar-refractivity contribution in [3.63, 3.8) is 0 Å². The Bertz CT molecular complexity index is 1190. The fourth-order valence-corrected chi connectivity index (χ4v) is 6.45. The van der Waals surface area contributed by atoms with Crippen LogP contribution < -0.4 is 10.6 Å². The van der Waals surface area contributed by atoms with Gasteiger partial charge in [-0.3, -0.25) is 9.59 Å². The number of hydrogen-bond donors (Lipinski definition) is 2. The summed E-state index contributed by atoms with van der Waals surface area (Å²) in [7, 11) is -3.48. The summed E-state index contributed by atoms with van der Waals surface area (Å²) >= 11 is 7.33. The quantitative estimate of drug-likeness (QED) is 0.296. The maximum atomic E-state index is 12.5. The predicted octanol–water partition coefficient (Wildman–Crippen LogP) is 4.99. The Morgan fingerprint density at radius 3 is 2.58 bits per heavy atom. The maximum Gasteiger partial charge on any atom is 0.323 e. The van der Waals surface area contributed by atoms with Crippen molar-refractivity contribution in [1.29, 1.82) is 0 Å². The van der Waals surface area contributed by atoms with Gasteiger partial charge in [0.25, 0.3) is 0 Å². The molecule has 1 amide bonds. The number of ether oxygens (including phenoxy) is 1. The molecule has 3 rings (SSSR count). The number of hydrogen-bond acceptors (Lipinski definition) is 8. The lowest BCUT2D eigenvalue weighted by Gasteiger charge is -2.23. The molecule has 11 heteroatoms. The van der Waals surface area contributed by atoms with Gasteiger partial charge < -0.3 is 15.4 Å². The molecule has 1 aromatic carbocycles. The van der Waals surface area contributed by atoms with Gasteiger partial charge in [-0.05, 0) is 69.2 Å². The summed E-state index contributed by atoms with van der Waals surface area (Å²) in [5.41, 5.74) is 1.35. The number of carbonyl (C=O) groups is 2. The number of amides is 1. The lowest BCUT2D eigenvalue weighted by atomic mass is 10.0. The summed E-state index contributed by atoms with van der Waals surface area (Å²) in [5, 5.41) is 6.66. The Morgan fingerprint density at radius 2 is 1.94 bits per heavy atom. The lowest BCUT2D eigenvalue weighted by molar-refractivity contribution is -0.152. The Hall–Kier alpha value is -2.01. The topological polar surface area (TPSA) is 114 Å². The van der Waals surface area contributed by atoms with Crippen molar-refractivity contribution in [2.24, 2.45) is 5.92 Å². The molecule has 0 bridgehead atoms. The molecule has 1 atom stereocenters. The number of sulfone groups is 1. The van der Waals surface area contributed by atoms with E-state index >= 15 is 0 Å². The number of thiazole rings is 1. The van der Waals surface area contributed by atoms with Crippen molar-refractivity contribution in [3.05, 3.63) is 28.9 Å². The second-order valence-corrected chi connectivity index (χ2v) is 12.9. The molecule has 36 heavy (non-hydrogen) atoms. The molecule has 198 valence electrons. The van der Waals surface area contributed by atoms with Gasteiger partial charge in [-0.25, -0.2) is 13.4 Å². The zero-order valence-electron chi connectivity index (χ0n) is 21.1. The average Bonchev–Trinajstić information content (AvgIpc) is 3.42. The molecular weight excluding hydrogens is 522 g/mol. The summed E-state index contributed by atoms with van der Waals surface area (Å²) in [5.74, 6) is -0.312. The molecular formula is C25H34ClN3O5S2. The number of aryl methyl sites for hydroxylation is 1. The highest BCUT2D eigenvalue weighted by atomic mass is 35.5. The smallest absolute Gasteiger partial charge is 0.323 e. The molecule has 1 aliphatic carbocycles. The van der Waals surface area contributed by atoms with Gasteiger partial charge >= 0.3 is 5.97 Å². The van der Waals surface area contributed by atoms with Gasteiger partial charge in [-0.1, -0.05) is 42.9 Å². The van der Waals surface area contributed by atoms with Crippen LogP contribution in [0.5, 0.6) is 0 Å². The van der Waals surface area contributed by atoms with E-state index in [9.17, 15) is 18.0 Å². The van der Waals surface area contributed by atoms with Crippen LogP contribution in [0.15, 0.2) is 23.1 Å². The molecule has 1 aliphatic rings. The molecule has 1 fully saturated rings. The number of anilines is 1. The van der Waals surface area contributed by atoms with Gasteiger partial charge in [0.1, 0.15) is 12.1 Å². The highest BCUT2D eigenvalue weighted by molar-refractivity contribution is 7.90.